The van der Waals surface area contributed by atoms with Gasteiger partial charge in [-0.3, -0.25) is 4.79 Å². The van der Waals surface area contributed by atoms with E-state index in [2.05, 4.69) is 0 Å². The van der Waals surface area contributed by atoms with Crippen molar-refractivity contribution in [2.45, 2.75) is 13.0 Å². The van der Waals surface area contributed by atoms with E-state index >= 15 is 0 Å². The fraction of sp³-hybridized carbons (Fsp3) is 0.188. The molecule has 4 heteroatoms. The Morgan fingerprint density at radius 2 is 1.75 bits per heavy atom. The third kappa shape index (κ3) is 2.18. The Labute approximate surface area is 115 Å². The molecule has 0 bridgehead atoms. The van der Waals surface area contributed by atoms with Crippen LogP contribution < -0.4 is 0 Å². The van der Waals surface area contributed by atoms with Gasteiger partial charge in [0.25, 0.3) is 5.91 Å². The Morgan fingerprint density at radius 3 is 2.55 bits per heavy atom. The average molecular weight is 273 g/mol. The van der Waals surface area contributed by atoms with Crippen molar-refractivity contribution in [1.82, 2.24) is 4.90 Å². The van der Waals surface area contributed by atoms with Gasteiger partial charge in [-0.1, -0.05) is 30.3 Å². The molecule has 2 aromatic rings. The minimum atomic E-state index is -1.07. The minimum Gasteiger partial charge on any atom is -0.334 e. The zero-order valence-electron chi connectivity index (χ0n) is 10.8. The van der Waals surface area contributed by atoms with Crippen LogP contribution in [0.1, 0.15) is 21.5 Å². The van der Waals surface area contributed by atoms with Crippen molar-refractivity contribution in [3.63, 3.8) is 0 Å². The largest absolute Gasteiger partial charge is 0.334 e. The van der Waals surface area contributed by atoms with Crippen LogP contribution in [0, 0.1) is 11.6 Å². The highest BCUT2D eigenvalue weighted by atomic mass is 19.2. The molecule has 102 valence electrons. The van der Waals surface area contributed by atoms with Crippen LogP contribution in [-0.4, -0.2) is 17.4 Å². The molecule has 0 atom stereocenters. The van der Waals surface area contributed by atoms with Gasteiger partial charge < -0.3 is 4.90 Å². The summed E-state index contributed by atoms with van der Waals surface area (Å²) >= 11 is 0. The van der Waals surface area contributed by atoms with Gasteiger partial charge in [0.05, 0.1) is 5.56 Å². The van der Waals surface area contributed by atoms with Crippen LogP contribution in [0.15, 0.2) is 42.5 Å². The molecule has 0 saturated heterocycles. The Morgan fingerprint density at radius 1 is 1.00 bits per heavy atom. The highest BCUT2D eigenvalue weighted by molar-refractivity contribution is 5.94. The molecule has 0 aliphatic carbocycles. The third-order valence-corrected chi connectivity index (χ3v) is 3.60. The van der Waals surface area contributed by atoms with Crippen LogP contribution >= 0.6 is 0 Å². The lowest BCUT2D eigenvalue weighted by Gasteiger charge is -2.29. The number of carbonyl (C=O) groups is 1. The van der Waals surface area contributed by atoms with Crippen molar-refractivity contribution in [1.29, 1.82) is 0 Å². The number of benzene rings is 2. The van der Waals surface area contributed by atoms with Crippen LogP contribution in [0.25, 0.3) is 0 Å². The van der Waals surface area contributed by atoms with Crippen LogP contribution in [0.4, 0.5) is 8.78 Å². The zero-order chi connectivity index (χ0) is 14.1. The maximum Gasteiger partial charge on any atom is 0.257 e. The van der Waals surface area contributed by atoms with Crippen LogP contribution in [0.2, 0.25) is 0 Å². The summed E-state index contributed by atoms with van der Waals surface area (Å²) in [6.45, 7) is 0.955. The maximum absolute atomic E-state index is 13.7. The van der Waals surface area contributed by atoms with Gasteiger partial charge in [0.2, 0.25) is 0 Å². The fourth-order valence-corrected chi connectivity index (χ4v) is 2.51. The summed E-state index contributed by atoms with van der Waals surface area (Å²) < 4.78 is 26.9. The summed E-state index contributed by atoms with van der Waals surface area (Å²) in [5.41, 5.74) is 2.06. The first-order valence-corrected chi connectivity index (χ1v) is 6.47. The fourth-order valence-electron chi connectivity index (χ4n) is 2.51. The molecule has 3 rings (SSSR count). The smallest absolute Gasteiger partial charge is 0.257 e. The first kappa shape index (κ1) is 12.8. The number of hydrogen-bond acceptors (Lipinski definition) is 1. The standard InChI is InChI=1S/C16H13F2NO/c17-14-7-3-6-13(15(14)18)16(20)19-9-8-11-4-1-2-5-12(11)10-19/h1-7H,8-10H2. The van der Waals surface area contributed by atoms with Crippen LogP contribution in [-0.2, 0) is 13.0 Å². The third-order valence-electron chi connectivity index (χ3n) is 3.60. The molecule has 2 aromatic carbocycles. The Bertz CT molecular complexity index is 669. The summed E-state index contributed by atoms with van der Waals surface area (Å²) in [6, 6.07) is 11.5. The van der Waals surface area contributed by atoms with Gasteiger partial charge in [0, 0.05) is 13.1 Å². The molecular formula is C16H13F2NO. The number of fused-ring (bicyclic) bond motifs is 1. The molecule has 1 heterocycles. The molecule has 0 fully saturated rings. The van der Waals surface area contributed by atoms with Crippen LogP contribution in [0.5, 0.6) is 0 Å². The summed E-state index contributed by atoms with van der Waals surface area (Å²) in [5.74, 6) is -2.53. The van der Waals surface area contributed by atoms with E-state index in [9.17, 15) is 13.6 Å². The molecule has 1 aliphatic heterocycles. The van der Waals surface area contributed by atoms with Gasteiger partial charge in [-0.05, 0) is 29.7 Å². The first-order valence-electron chi connectivity index (χ1n) is 6.47. The van der Waals surface area contributed by atoms with Crippen molar-refractivity contribution in [3.8, 4) is 0 Å². The van der Waals surface area contributed by atoms with E-state index in [1.807, 2.05) is 24.3 Å². The van der Waals surface area contributed by atoms with E-state index in [1.54, 1.807) is 4.90 Å². The topological polar surface area (TPSA) is 20.3 Å². The number of rotatable bonds is 1. The summed E-state index contributed by atoms with van der Waals surface area (Å²) in [5, 5.41) is 0. The van der Waals surface area contributed by atoms with E-state index in [1.165, 1.54) is 17.7 Å². The number of carbonyl (C=O) groups excluding carboxylic acids is 1. The Kier molecular flexibility index (Phi) is 3.22. The van der Waals surface area contributed by atoms with Gasteiger partial charge in [-0.15, -0.1) is 0 Å². The van der Waals surface area contributed by atoms with Gasteiger partial charge in [0.15, 0.2) is 11.6 Å². The summed E-state index contributed by atoms with van der Waals surface area (Å²) in [7, 11) is 0. The quantitative estimate of drug-likeness (QED) is 0.781. The van der Waals surface area contributed by atoms with E-state index < -0.39 is 17.5 Å². The maximum atomic E-state index is 13.7. The van der Waals surface area contributed by atoms with Crippen LogP contribution in [0.3, 0.4) is 0 Å². The minimum absolute atomic E-state index is 0.204. The second-order valence-electron chi connectivity index (χ2n) is 4.85. The highest BCUT2D eigenvalue weighted by Crippen LogP contribution is 2.21. The Hall–Kier alpha value is -2.23. The molecule has 1 amide bonds. The lowest BCUT2D eigenvalue weighted by molar-refractivity contribution is 0.0729. The second kappa shape index (κ2) is 5.04. The molecule has 0 spiro atoms. The zero-order valence-corrected chi connectivity index (χ0v) is 10.8. The molecule has 1 aliphatic rings. The van der Waals surface area contributed by atoms with E-state index in [0.717, 1.165) is 18.1 Å². The lowest BCUT2D eigenvalue weighted by Crippen LogP contribution is -2.36. The molecule has 0 aromatic heterocycles. The van der Waals surface area contributed by atoms with E-state index in [-0.39, 0.29) is 5.56 Å². The van der Waals surface area contributed by atoms with Crippen molar-refractivity contribution in [2.75, 3.05) is 6.54 Å². The summed E-state index contributed by atoms with van der Waals surface area (Å²) in [4.78, 5) is 13.9. The van der Waals surface area contributed by atoms with Gasteiger partial charge in [-0.2, -0.15) is 0 Å². The number of amides is 1. The van der Waals surface area contributed by atoms with Crippen molar-refractivity contribution >= 4 is 5.91 Å². The molecular weight excluding hydrogens is 260 g/mol. The predicted molar refractivity (Wildman–Crippen MR) is 71.2 cm³/mol. The van der Waals surface area contributed by atoms with E-state index in [0.29, 0.717) is 13.1 Å². The van der Waals surface area contributed by atoms with Crippen molar-refractivity contribution in [2.24, 2.45) is 0 Å². The van der Waals surface area contributed by atoms with Crippen molar-refractivity contribution < 1.29 is 13.6 Å². The van der Waals surface area contributed by atoms with E-state index in [4.69, 9.17) is 0 Å². The normalized spacial score (nSPS) is 14.0. The SMILES string of the molecule is O=C(c1cccc(F)c1F)N1CCc2ccccc2C1. The molecule has 20 heavy (non-hydrogen) atoms. The monoisotopic (exact) mass is 273 g/mol. The molecule has 0 saturated carbocycles. The van der Waals surface area contributed by atoms with Crippen molar-refractivity contribution in [3.05, 3.63) is 70.8 Å². The van der Waals surface area contributed by atoms with Gasteiger partial charge >= 0.3 is 0 Å². The Balaban J connectivity index is 1.88. The predicted octanol–water partition coefficient (Wildman–Crippen LogP) is 3.16. The number of nitrogens with zero attached hydrogens (tertiary/aromatic N) is 1. The molecule has 0 unspecified atom stereocenters. The molecule has 0 N–H and O–H groups in total. The average Bonchev–Trinajstić information content (AvgIpc) is 2.49. The molecule has 0 radical (unpaired) electrons. The first-order chi connectivity index (χ1) is 9.66. The number of halogens is 2. The number of hydrogen-bond donors (Lipinski definition) is 0. The van der Waals surface area contributed by atoms with Gasteiger partial charge in [-0.25, -0.2) is 8.78 Å². The van der Waals surface area contributed by atoms with Gasteiger partial charge in [0.1, 0.15) is 0 Å². The lowest BCUT2D eigenvalue weighted by atomic mass is 9.99. The highest BCUT2D eigenvalue weighted by Gasteiger charge is 2.24. The summed E-state index contributed by atoms with van der Waals surface area (Å²) in [6.07, 6.45) is 0.735. The second-order valence-corrected chi connectivity index (χ2v) is 4.85. The molecule has 2 nitrogen and oxygen atoms in total.